The molecule has 0 spiro atoms. The van der Waals surface area contributed by atoms with Gasteiger partial charge in [-0.2, -0.15) is 0 Å². The first-order valence-electron chi connectivity index (χ1n) is 8.22. The van der Waals surface area contributed by atoms with Crippen molar-refractivity contribution in [2.45, 2.75) is 11.9 Å². The number of benzene rings is 2. The van der Waals surface area contributed by atoms with Crippen LogP contribution in [-0.2, 0) is 0 Å². The first kappa shape index (κ1) is 17.8. The van der Waals surface area contributed by atoms with Crippen LogP contribution in [0.2, 0.25) is 0 Å². The number of carbonyl (C=O) groups is 1. The predicted molar refractivity (Wildman–Crippen MR) is 107 cm³/mol. The van der Waals surface area contributed by atoms with Crippen molar-refractivity contribution >= 4 is 39.1 Å². The van der Waals surface area contributed by atoms with Crippen molar-refractivity contribution < 1.29 is 9.18 Å². The summed E-state index contributed by atoms with van der Waals surface area (Å²) in [5.74, 6) is -0.258. The Morgan fingerprint density at radius 3 is 2.56 bits per heavy atom. The lowest BCUT2D eigenvalue weighted by Crippen LogP contribution is -2.03. The van der Waals surface area contributed by atoms with E-state index in [0.717, 1.165) is 26.5 Å². The highest BCUT2D eigenvalue weighted by Crippen LogP contribution is 2.35. The molecule has 0 aliphatic heterocycles. The number of thioether (sulfide) groups is 1. The summed E-state index contributed by atoms with van der Waals surface area (Å²) >= 11 is 2.87. The molecule has 4 aromatic rings. The van der Waals surface area contributed by atoms with Crippen molar-refractivity contribution in [2.75, 3.05) is 5.75 Å². The summed E-state index contributed by atoms with van der Waals surface area (Å²) in [6.45, 7) is 1.94. The number of thiazole rings is 1. The van der Waals surface area contributed by atoms with Crippen LogP contribution in [0.25, 0.3) is 21.5 Å². The van der Waals surface area contributed by atoms with E-state index in [9.17, 15) is 9.18 Å². The predicted octanol–water partition coefficient (Wildman–Crippen LogP) is 5.18. The lowest BCUT2D eigenvalue weighted by molar-refractivity contribution is 0.102. The number of aromatic nitrogens is 3. The molecule has 0 fully saturated rings. The van der Waals surface area contributed by atoms with Gasteiger partial charge in [-0.3, -0.25) is 4.79 Å². The molecule has 7 heteroatoms. The van der Waals surface area contributed by atoms with Crippen molar-refractivity contribution in [3.05, 3.63) is 71.0 Å². The van der Waals surface area contributed by atoms with E-state index in [-0.39, 0.29) is 17.4 Å². The molecule has 0 bridgehead atoms. The monoisotopic (exact) mass is 395 g/mol. The van der Waals surface area contributed by atoms with Gasteiger partial charge in [0.25, 0.3) is 0 Å². The average molecular weight is 395 g/mol. The molecule has 2 aromatic carbocycles. The van der Waals surface area contributed by atoms with Gasteiger partial charge in [-0.15, -0.1) is 21.5 Å². The third-order valence-corrected chi connectivity index (χ3v) is 5.88. The maximum atomic E-state index is 13.0. The minimum Gasteiger partial charge on any atom is -0.293 e. The molecule has 0 unspecified atom stereocenters. The number of rotatable bonds is 5. The maximum Gasteiger partial charge on any atom is 0.173 e. The molecular formula is C20H14FN3OS2. The van der Waals surface area contributed by atoms with Crippen LogP contribution < -0.4 is 0 Å². The number of aryl methyl sites for hydroxylation is 1. The lowest BCUT2D eigenvalue weighted by atomic mass is 10.1. The number of Topliss-reactive ketones (excluding diaryl/α,β-unsaturated/α-hetero) is 1. The molecule has 0 aliphatic carbocycles. The zero-order chi connectivity index (χ0) is 18.8. The Balaban J connectivity index is 1.63. The molecule has 0 saturated carbocycles. The van der Waals surface area contributed by atoms with Crippen LogP contribution in [0.4, 0.5) is 4.39 Å². The Morgan fingerprint density at radius 1 is 1.07 bits per heavy atom. The van der Waals surface area contributed by atoms with Gasteiger partial charge in [0, 0.05) is 11.1 Å². The Morgan fingerprint density at radius 2 is 1.81 bits per heavy atom. The second-order valence-corrected chi connectivity index (χ2v) is 8.02. The van der Waals surface area contributed by atoms with Crippen LogP contribution in [-0.4, -0.2) is 26.7 Å². The SMILES string of the molecule is Cc1nc2c(SCC(=O)c3ccc(F)cc3)nnc(-c3ccccc3)c2s1. The normalized spacial score (nSPS) is 11.0. The number of halogens is 1. The van der Waals surface area contributed by atoms with E-state index in [1.807, 2.05) is 37.3 Å². The molecule has 2 heterocycles. The molecule has 0 N–H and O–H groups in total. The van der Waals surface area contributed by atoms with Crippen molar-refractivity contribution in [3.63, 3.8) is 0 Å². The van der Waals surface area contributed by atoms with Gasteiger partial charge in [0.2, 0.25) is 0 Å². The summed E-state index contributed by atoms with van der Waals surface area (Å²) < 4.78 is 14.0. The van der Waals surface area contributed by atoms with Gasteiger partial charge in [0.15, 0.2) is 5.78 Å². The van der Waals surface area contributed by atoms with E-state index >= 15 is 0 Å². The van der Waals surface area contributed by atoms with Gasteiger partial charge in [-0.1, -0.05) is 42.1 Å². The number of nitrogens with zero attached hydrogens (tertiary/aromatic N) is 3. The van der Waals surface area contributed by atoms with Crippen molar-refractivity contribution in [3.8, 4) is 11.3 Å². The molecule has 4 nitrogen and oxygen atoms in total. The quantitative estimate of drug-likeness (QED) is 0.344. The van der Waals surface area contributed by atoms with E-state index in [1.54, 1.807) is 11.3 Å². The van der Waals surface area contributed by atoms with Crippen LogP contribution in [0.15, 0.2) is 59.6 Å². The number of hydrogen-bond acceptors (Lipinski definition) is 6. The third-order valence-electron chi connectivity index (χ3n) is 3.95. The molecular weight excluding hydrogens is 381 g/mol. The van der Waals surface area contributed by atoms with Crippen LogP contribution in [0.1, 0.15) is 15.4 Å². The number of carbonyl (C=O) groups excluding carboxylic acids is 1. The molecule has 134 valence electrons. The van der Waals surface area contributed by atoms with Gasteiger partial charge >= 0.3 is 0 Å². The van der Waals surface area contributed by atoms with E-state index in [0.29, 0.717) is 10.6 Å². The van der Waals surface area contributed by atoms with Crippen molar-refractivity contribution in [1.29, 1.82) is 0 Å². The summed E-state index contributed by atoms with van der Waals surface area (Å²) in [7, 11) is 0. The third kappa shape index (κ3) is 3.74. The summed E-state index contributed by atoms with van der Waals surface area (Å²) in [5.41, 5.74) is 3.02. The summed E-state index contributed by atoms with van der Waals surface area (Å²) in [6, 6.07) is 15.4. The summed E-state index contributed by atoms with van der Waals surface area (Å²) in [5, 5.41) is 10.3. The topological polar surface area (TPSA) is 55.7 Å². The summed E-state index contributed by atoms with van der Waals surface area (Å²) in [6.07, 6.45) is 0. The fourth-order valence-corrected chi connectivity index (χ4v) is 4.46. The Labute approximate surface area is 163 Å². The Bertz CT molecular complexity index is 1110. The highest BCUT2D eigenvalue weighted by molar-refractivity contribution is 8.00. The smallest absolute Gasteiger partial charge is 0.173 e. The van der Waals surface area contributed by atoms with E-state index in [4.69, 9.17) is 0 Å². The van der Waals surface area contributed by atoms with Gasteiger partial charge in [0.1, 0.15) is 22.1 Å². The number of fused-ring (bicyclic) bond motifs is 1. The van der Waals surface area contributed by atoms with E-state index in [1.165, 1.54) is 36.0 Å². The first-order chi connectivity index (χ1) is 13.1. The second kappa shape index (κ2) is 7.54. The fourth-order valence-electron chi connectivity index (χ4n) is 2.66. The molecule has 2 aromatic heterocycles. The molecule has 0 saturated heterocycles. The van der Waals surface area contributed by atoms with E-state index < -0.39 is 0 Å². The minimum absolute atomic E-state index is 0.0889. The lowest BCUT2D eigenvalue weighted by Gasteiger charge is -2.05. The zero-order valence-electron chi connectivity index (χ0n) is 14.3. The minimum atomic E-state index is -0.360. The van der Waals surface area contributed by atoms with Crippen LogP contribution in [0.3, 0.4) is 0 Å². The molecule has 0 aliphatic rings. The first-order valence-corrected chi connectivity index (χ1v) is 10.0. The number of ketones is 1. The number of hydrogen-bond donors (Lipinski definition) is 0. The van der Waals surface area contributed by atoms with Gasteiger partial charge in [-0.05, 0) is 31.2 Å². The highest BCUT2D eigenvalue weighted by atomic mass is 32.2. The van der Waals surface area contributed by atoms with Gasteiger partial charge in [-0.25, -0.2) is 9.37 Å². The van der Waals surface area contributed by atoms with E-state index in [2.05, 4.69) is 15.2 Å². The van der Waals surface area contributed by atoms with Crippen molar-refractivity contribution in [2.24, 2.45) is 0 Å². The summed E-state index contributed by atoms with van der Waals surface area (Å²) in [4.78, 5) is 16.9. The largest absolute Gasteiger partial charge is 0.293 e. The average Bonchev–Trinajstić information content (AvgIpc) is 3.08. The Hall–Kier alpha value is -2.64. The zero-order valence-corrected chi connectivity index (χ0v) is 16.0. The van der Waals surface area contributed by atoms with Gasteiger partial charge < -0.3 is 0 Å². The van der Waals surface area contributed by atoms with Crippen LogP contribution in [0.5, 0.6) is 0 Å². The Kier molecular flexibility index (Phi) is 4.96. The van der Waals surface area contributed by atoms with Crippen LogP contribution >= 0.6 is 23.1 Å². The molecule has 0 amide bonds. The molecule has 0 atom stereocenters. The second-order valence-electron chi connectivity index (χ2n) is 5.85. The highest BCUT2D eigenvalue weighted by Gasteiger charge is 2.17. The molecule has 0 radical (unpaired) electrons. The molecule has 4 rings (SSSR count). The molecule has 27 heavy (non-hydrogen) atoms. The van der Waals surface area contributed by atoms with Gasteiger partial charge in [0.05, 0.1) is 15.5 Å². The van der Waals surface area contributed by atoms with Crippen LogP contribution in [0, 0.1) is 12.7 Å². The maximum absolute atomic E-state index is 13.0. The van der Waals surface area contributed by atoms with Crippen molar-refractivity contribution in [1.82, 2.24) is 15.2 Å². The standard InChI is InChI=1S/C20H14FN3OS2/c1-12-22-18-19(27-12)17(14-5-3-2-4-6-14)23-24-20(18)26-11-16(25)13-7-9-15(21)10-8-13/h2-10H,11H2,1H3. The fraction of sp³-hybridized carbons (Fsp3) is 0.100.